The number of hydrogen-bond acceptors (Lipinski definition) is 3. The fourth-order valence-corrected chi connectivity index (χ4v) is 1.74. The van der Waals surface area contributed by atoms with E-state index in [1.54, 1.807) is 0 Å². The first-order valence-electron chi connectivity index (χ1n) is 5.57. The van der Waals surface area contributed by atoms with Gasteiger partial charge in [0.1, 0.15) is 6.04 Å². The fourth-order valence-electron chi connectivity index (χ4n) is 1.74. The van der Waals surface area contributed by atoms with E-state index in [0.717, 1.165) is 19.1 Å². The van der Waals surface area contributed by atoms with Crippen LogP contribution in [0.25, 0.3) is 0 Å². The van der Waals surface area contributed by atoms with Crippen LogP contribution in [0.5, 0.6) is 0 Å². The quantitative estimate of drug-likeness (QED) is 0.695. The van der Waals surface area contributed by atoms with Crippen molar-refractivity contribution in [3.05, 3.63) is 0 Å². The van der Waals surface area contributed by atoms with Gasteiger partial charge in [-0.25, -0.2) is 0 Å². The van der Waals surface area contributed by atoms with Gasteiger partial charge in [-0.2, -0.15) is 5.26 Å². The predicted octanol–water partition coefficient (Wildman–Crippen LogP) is 1.36. The van der Waals surface area contributed by atoms with Crippen LogP contribution in [0, 0.1) is 11.3 Å². The molecule has 1 saturated carbocycles. The molecule has 0 saturated heterocycles. The number of nitrogens with one attached hydrogen (secondary N) is 1. The van der Waals surface area contributed by atoms with Crippen LogP contribution >= 0.6 is 0 Å². The molecule has 0 bridgehead atoms. The number of nitrogens with zero attached hydrogens (tertiary/aromatic N) is 2. The van der Waals surface area contributed by atoms with Crippen molar-refractivity contribution in [2.24, 2.45) is 0 Å². The van der Waals surface area contributed by atoms with Gasteiger partial charge in [0.05, 0.1) is 6.07 Å². The monoisotopic (exact) mass is 195 g/mol. The van der Waals surface area contributed by atoms with Gasteiger partial charge in [-0.05, 0) is 33.2 Å². The first-order valence-corrected chi connectivity index (χ1v) is 5.57. The highest BCUT2D eigenvalue weighted by molar-refractivity contribution is 4.96. The molecule has 80 valence electrons. The molecule has 0 aromatic heterocycles. The maximum absolute atomic E-state index is 8.98. The molecule has 0 amide bonds. The molecule has 1 N–H and O–H groups in total. The van der Waals surface area contributed by atoms with Gasteiger partial charge >= 0.3 is 0 Å². The molecular weight excluding hydrogens is 174 g/mol. The largest absolute Gasteiger partial charge is 0.299 e. The van der Waals surface area contributed by atoms with Crippen molar-refractivity contribution in [2.45, 2.75) is 51.7 Å². The molecule has 14 heavy (non-hydrogen) atoms. The van der Waals surface area contributed by atoms with E-state index < -0.39 is 0 Å². The Bertz CT molecular complexity index is 203. The standard InChI is InChI=1S/C11H21N3/c1-4-14(11-5-6-11)8-10(7-12)13-9(2)3/h9-11,13H,4-6,8H2,1-3H3. The predicted molar refractivity (Wildman–Crippen MR) is 57.9 cm³/mol. The van der Waals surface area contributed by atoms with Crippen molar-refractivity contribution in [1.29, 1.82) is 5.26 Å². The van der Waals surface area contributed by atoms with E-state index in [0.29, 0.717) is 6.04 Å². The lowest BCUT2D eigenvalue weighted by Gasteiger charge is -2.24. The van der Waals surface area contributed by atoms with Crippen LogP contribution in [0.2, 0.25) is 0 Å². The van der Waals surface area contributed by atoms with E-state index in [4.69, 9.17) is 5.26 Å². The molecule has 3 nitrogen and oxygen atoms in total. The van der Waals surface area contributed by atoms with Crippen molar-refractivity contribution >= 4 is 0 Å². The molecule has 1 aliphatic rings. The average molecular weight is 195 g/mol. The third-order valence-electron chi connectivity index (χ3n) is 2.58. The van der Waals surface area contributed by atoms with Crippen LogP contribution < -0.4 is 5.32 Å². The van der Waals surface area contributed by atoms with Crippen LogP contribution in [0.15, 0.2) is 0 Å². The smallest absolute Gasteiger partial charge is 0.108 e. The molecular formula is C11H21N3. The Morgan fingerprint density at radius 3 is 2.50 bits per heavy atom. The van der Waals surface area contributed by atoms with Crippen LogP contribution in [-0.4, -0.2) is 36.1 Å². The Labute approximate surface area is 87.1 Å². The van der Waals surface area contributed by atoms with Crippen LogP contribution in [-0.2, 0) is 0 Å². The lowest BCUT2D eigenvalue weighted by atomic mass is 10.2. The zero-order chi connectivity index (χ0) is 10.6. The van der Waals surface area contributed by atoms with Gasteiger partial charge in [-0.15, -0.1) is 0 Å². The molecule has 1 atom stereocenters. The maximum Gasteiger partial charge on any atom is 0.108 e. The second kappa shape index (κ2) is 5.33. The van der Waals surface area contributed by atoms with Crippen molar-refractivity contribution < 1.29 is 0 Å². The molecule has 0 radical (unpaired) electrons. The molecule has 1 fully saturated rings. The van der Waals surface area contributed by atoms with Crippen molar-refractivity contribution in [1.82, 2.24) is 10.2 Å². The second-order valence-electron chi connectivity index (χ2n) is 4.32. The zero-order valence-electron chi connectivity index (χ0n) is 9.45. The van der Waals surface area contributed by atoms with E-state index in [9.17, 15) is 0 Å². The molecule has 0 aliphatic heterocycles. The highest BCUT2D eigenvalue weighted by Gasteiger charge is 2.29. The van der Waals surface area contributed by atoms with Gasteiger partial charge in [0.15, 0.2) is 0 Å². The minimum absolute atomic E-state index is 0.0180. The molecule has 3 heteroatoms. The summed E-state index contributed by atoms with van der Waals surface area (Å²) in [6, 6.07) is 3.45. The summed E-state index contributed by atoms with van der Waals surface area (Å²) in [4.78, 5) is 2.41. The van der Waals surface area contributed by atoms with E-state index in [1.807, 2.05) is 0 Å². The molecule has 0 aromatic rings. The summed E-state index contributed by atoms with van der Waals surface area (Å²) in [5, 5.41) is 12.3. The van der Waals surface area contributed by atoms with E-state index in [1.165, 1.54) is 12.8 Å². The van der Waals surface area contributed by atoms with E-state index >= 15 is 0 Å². The summed E-state index contributed by atoms with van der Waals surface area (Å²) in [6.07, 6.45) is 2.63. The Kier molecular flexibility index (Phi) is 4.37. The Hall–Kier alpha value is -0.590. The molecule has 1 aliphatic carbocycles. The summed E-state index contributed by atoms with van der Waals surface area (Å²) in [5.41, 5.74) is 0. The number of hydrogen-bond donors (Lipinski definition) is 1. The van der Waals surface area contributed by atoms with Crippen molar-refractivity contribution in [3.8, 4) is 6.07 Å². The lowest BCUT2D eigenvalue weighted by Crippen LogP contribution is -2.43. The first kappa shape index (κ1) is 11.5. The minimum atomic E-state index is -0.0180. The number of rotatable bonds is 6. The minimum Gasteiger partial charge on any atom is -0.299 e. The van der Waals surface area contributed by atoms with Gasteiger partial charge in [0, 0.05) is 18.6 Å². The molecule has 1 unspecified atom stereocenters. The number of likely N-dealkylation sites (N-methyl/N-ethyl adjacent to an activating group) is 1. The van der Waals surface area contributed by atoms with E-state index in [-0.39, 0.29) is 6.04 Å². The third kappa shape index (κ3) is 3.65. The Morgan fingerprint density at radius 2 is 2.14 bits per heavy atom. The topological polar surface area (TPSA) is 39.1 Å². The number of nitriles is 1. The third-order valence-corrected chi connectivity index (χ3v) is 2.58. The van der Waals surface area contributed by atoms with Gasteiger partial charge in [0.2, 0.25) is 0 Å². The summed E-state index contributed by atoms with van der Waals surface area (Å²) in [5.74, 6) is 0. The summed E-state index contributed by atoms with van der Waals surface area (Å²) < 4.78 is 0. The maximum atomic E-state index is 8.98. The first-order chi connectivity index (χ1) is 6.67. The fraction of sp³-hybridized carbons (Fsp3) is 0.909. The van der Waals surface area contributed by atoms with Crippen molar-refractivity contribution in [3.63, 3.8) is 0 Å². The highest BCUT2D eigenvalue weighted by atomic mass is 15.2. The van der Waals surface area contributed by atoms with Crippen LogP contribution in [0.1, 0.15) is 33.6 Å². The SMILES string of the molecule is CCN(CC(C#N)NC(C)C)C1CC1. The van der Waals surface area contributed by atoms with Crippen LogP contribution in [0.4, 0.5) is 0 Å². The van der Waals surface area contributed by atoms with Gasteiger partial charge in [-0.3, -0.25) is 10.2 Å². The summed E-state index contributed by atoms with van der Waals surface area (Å²) in [7, 11) is 0. The van der Waals surface area contributed by atoms with E-state index in [2.05, 4.69) is 37.1 Å². The molecule has 0 aromatic carbocycles. The second-order valence-corrected chi connectivity index (χ2v) is 4.32. The normalized spacial score (nSPS) is 18.6. The Balaban J connectivity index is 2.34. The lowest BCUT2D eigenvalue weighted by molar-refractivity contribution is 0.256. The Morgan fingerprint density at radius 1 is 1.50 bits per heavy atom. The zero-order valence-corrected chi connectivity index (χ0v) is 9.45. The van der Waals surface area contributed by atoms with Gasteiger partial charge in [-0.1, -0.05) is 6.92 Å². The average Bonchev–Trinajstić information content (AvgIpc) is 2.94. The van der Waals surface area contributed by atoms with Gasteiger partial charge in [0.25, 0.3) is 0 Å². The van der Waals surface area contributed by atoms with Crippen LogP contribution in [0.3, 0.4) is 0 Å². The highest BCUT2D eigenvalue weighted by Crippen LogP contribution is 2.26. The van der Waals surface area contributed by atoms with Crippen molar-refractivity contribution in [2.75, 3.05) is 13.1 Å². The molecule has 1 rings (SSSR count). The summed E-state index contributed by atoms with van der Waals surface area (Å²) >= 11 is 0. The van der Waals surface area contributed by atoms with Gasteiger partial charge < -0.3 is 0 Å². The molecule has 0 spiro atoms. The molecule has 0 heterocycles. The summed E-state index contributed by atoms with van der Waals surface area (Å²) in [6.45, 7) is 8.26.